The van der Waals surface area contributed by atoms with Crippen molar-refractivity contribution in [1.82, 2.24) is 9.97 Å². The molecular weight excluding hydrogens is 432 g/mol. The number of hydrogen-bond acceptors (Lipinski definition) is 8. The number of aromatic amines is 1. The Morgan fingerprint density at radius 2 is 1.91 bits per heavy atom. The Kier molecular flexibility index (Phi) is 7.36. The second kappa shape index (κ2) is 10.4. The molecule has 1 heterocycles. The van der Waals surface area contributed by atoms with Crippen LogP contribution in [0.15, 0.2) is 52.4 Å². The van der Waals surface area contributed by atoms with Crippen LogP contribution >= 0.6 is 11.8 Å². The van der Waals surface area contributed by atoms with Crippen LogP contribution in [0.3, 0.4) is 0 Å². The largest absolute Gasteiger partial charge is 0.495 e. The molecule has 0 radical (unpaired) electrons. The van der Waals surface area contributed by atoms with Gasteiger partial charge in [-0.25, -0.2) is 4.98 Å². The van der Waals surface area contributed by atoms with Crippen LogP contribution in [0.2, 0.25) is 0 Å². The van der Waals surface area contributed by atoms with Crippen LogP contribution in [0.25, 0.3) is 11.3 Å². The van der Waals surface area contributed by atoms with Crippen molar-refractivity contribution in [2.24, 2.45) is 0 Å². The molecular formula is C22H20N4O5S. The third kappa shape index (κ3) is 5.01. The van der Waals surface area contributed by atoms with Crippen molar-refractivity contribution in [2.75, 3.05) is 32.4 Å². The maximum Gasteiger partial charge on any atom is 0.270 e. The summed E-state index contributed by atoms with van der Waals surface area (Å²) < 4.78 is 16.2. The Hall–Kier alpha value is -3.97. The van der Waals surface area contributed by atoms with Crippen molar-refractivity contribution in [3.63, 3.8) is 0 Å². The summed E-state index contributed by atoms with van der Waals surface area (Å²) in [5.41, 5.74) is 0.647. The fourth-order valence-corrected chi connectivity index (χ4v) is 3.25. The van der Waals surface area contributed by atoms with Crippen LogP contribution in [0.5, 0.6) is 17.2 Å². The zero-order valence-electron chi connectivity index (χ0n) is 17.6. The molecule has 2 aromatic carbocycles. The van der Waals surface area contributed by atoms with Crippen LogP contribution in [-0.2, 0) is 4.79 Å². The summed E-state index contributed by atoms with van der Waals surface area (Å²) in [5, 5.41) is 12.5. The molecule has 0 saturated heterocycles. The molecule has 32 heavy (non-hydrogen) atoms. The van der Waals surface area contributed by atoms with Crippen LogP contribution in [0.4, 0.5) is 5.69 Å². The number of H-pyrrole nitrogens is 1. The van der Waals surface area contributed by atoms with E-state index < -0.39 is 5.56 Å². The quantitative estimate of drug-likeness (QED) is 0.394. The molecule has 3 rings (SSSR count). The number of ether oxygens (including phenoxy) is 3. The average Bonchev–Trinajstić information content (AvgIpc) is 2.82. The van der Waals surface area contributed by atoms with Crippen molar-refractivity contribution < 1.29 is 19.0 Å². The van der Waals surface area contributed by atoms with E-state index in [0.717, 1.165) is 0 Å². The van der Waals surface area contributed by atoms with E-state index in [2.05, 4.69) is 15.3 Å². The Labute approximate surface area is 188 Å². The van der Waals surface area contributed by atoms with E-state index in [1.54, 1.807) is 48.7 Å². The first-order valence-corrected chi connectivity index (χ1v) is 10.6. The molecule has 0 aliphatic carbocycles. The fourth-order valence-electron chi connectivity index (χ4n) is 2.87. The normalized spacial score (nSPS) is 10.2. The summed E-state index contributed by atoms with van der Waals surface area (Å²) in [5.74, 6) is 0.795. The number of carbonyl (C=O) groups excluding carboxylic acids is 1. The van der Waals surface area contributed by atoms with E-state index in [0.29, 0.717) is 33.7 Å². The molecule has 0 saturated carbocycles. The van der Waals surface area contributed by atoms with Crippen molar-refractivity contribution in [2.45, 2.75) is 5.16 Å². The number of amides is 1. The Morgan fingerprint density at radius 3 is 2.59 bits per heavy atom. The zero-order valence-corrected chi connectivity index (χ0v) is 18.4. The third-order valence-corrected chi connectivity index (χ3v) is 4.96. The molecule has 0 atom stereocenters. The second-order valence-electron chi connectivity index (χ2n) is 6.31. The number of anilines is 1. The monoisotopic (exact) mass is 452 g/mol. The summed E-state index contributed by atoms with van der Waals surface area (Å²) in [6.45, 7) is -0.267. The highest BCUT2D eigenvalue weighted by Gasteiger charge is 2.16. The van der Waals surface area contributed by atoms with Gasteiger partial charge in [-0.05, 0) is 36.6 Å². The first-order chi connectivity index (χ1) is 15.5. The number of carbonyl (C=O) groups is 1. The number of thioether (sulfide) groups is 1. The highest BCUT2D eigenvalue weighted by Crippen LogP contribution is 2.33. The SMILES string of the molecule is COc1ccccc1NC(=O)COc1ccc(-c2nc(SC)[nH]c(=O)c2C#N)cc1OC. The lowest BCUT2D eigenvalue weighted by molar-refractivity contribution is -0.118. The van der Waals surface area contributed by atoms with Gasteiger partial charge in [0.1, 0.15) is 17.4 Å². The Morgan fingerprint density at radius 1 is 1.16 bits per heavy atom. The number of nitriles is 1. The number of nitrogens with one attached hydrogen (secondary N) is 2. The zero-order chi connectivity index (χ0) is 23.1. The van der Waals surface area contributed by atoms with E-state index in [1.165, 1.54) is 26.0 Å². The number of benzene rings is 2. The number of hydrogen-bond donors (Lipinski definition) is 2. The van der Waals surface area contributed by atoms with Crippen molar-refractivity contribution in [1.29, 1.82) is 5.26 Å². The smallest absolute Gasteiger partial charge is 0.270 e. The van der Waals surface area contributed by atoms with Gasteiger partial charge in [0.2, 0.25) is 0 Å². The minimum atomic E-state index is -0.519. The number of methoxy groups -OCH3 is 2. The van der Waals surface area contributed by atoms with Crippen LogP contribution in [-0.4, -0.2) is 43.0 Å². The highest BCUT2D eigenvalue weighted by atomic mass is 32.2. The summed E-state index contributed by atoms with van der Waals surface area (Å²) >= 11 is 1.25. The fraction of sp³-hybridized carbons (Fsp3) is 0.182. The van der Waals surface area contributed by atoms with E-state index >= 15 is 0 Å². The van der Waals surface area contributed by atoms with Gasteiger partial charge in [-0.2, -0.15) is 5.26 Å². The second-order valence-corrected chi connectivity index (χ2v) is 7.11. The predicted molar refractivity (Wildman–Crippen MR) is 120 cm³/mol. The standard InChI is InChI=1S/C22H20N4O5S/c1-29-16-7-5-4-6-15(16)24-19(27)12-31-17-9-8-13(10-18(17)30-2)20-14(11-23)21(28)26-22(25-20)32-3/h4-10H,12H2,1-3H3,(H,24,27)(H,25,26,28). The first-order valence-electron chi connectivity index (χ1n) is 9.33. The van der Waals surface area contributed by atoms with Gasteiger partial charge < -0.3 is 24.5 Å². The molecule has 2 N–H and O–H groups in total. The first kappa shape index (κ1) is 22.7. The topological polar surface area (TPSA) is 126 Å². The molecule has 0 fully saturated rings. The molecule has 0 bridgehead atoms. The van der Waals surface area contributed by atoms with Gasteiger partial charge in [-0.15, -0.1) is 0 Å². The molecule has 9 nitrogen and oxygen atoms in total. The number of nitrogens with zero attached hydrogens (tertiary/aromatic N) is 2. The van der Waals surface area contributed by atoms with Gasteiger partial charge in [0.05, 0.1) is 25.6 Å². The van der Waals surface area contributed by atoms with E-state index in [4.69, 9.17) is 14.2 Å². The van der Waals surface area contributed by atoms with Crippen molar-refractivity contribution in [3.05, 3.63) is 58.4 Å². The average molecular weight is 452 g/mol. The third-order valence-electron chi connectivity index (χ3n) is 4.38. The molecule has 0 unspecified atom stereocenters. The molecule has 3 aromatic rings. The van der Waals surface area contributed by atoms with Crippen molar-refractivity contribution in [3.8, 4) is 34.6 Å². The van der Waals surface area contributed by atoms with Crippen LogP contribution in [0.1, 0.15) is 5.56 Å². The molecule has 0 aliphatic rings. The van der Waals surface area contributed by atoms with Gasteiger partial charge in [0.15, 0.2) is 23.3 Å². The maximum absolute atomic E-state index is 12.3. The maximum atomic E-state index is 12.3. The molecule has 0 aliphatic heterocycles. The molecule has 0 spiro atoms. The van der Waals surface area contributed by atoms with Crippen LogP contribution in [0, 0.1) is 11.3 Å². The summed E-state index contributed by atoms with van der Waals surface area (Å²) in [6, 6.07) is 13.7. The van der Waals surface area contributed by atoms with Gasteiger partial charge in [0.25, 0.3) is 11.5 Å². The van der Waals surface area contributed by atoms with E-state index in [9.17, 15) is 14.9 Å². The number of para-hydroxylation sites is 2. The minimum absolute atomic E-state index is 0.102. The molecule has 1 aromatic heterocycles. The summed E-state index contributed by atoms with van der Waals surface area (Å²) in [7, 11) is 2.97. The highest BCUT2D eigenvalue weighted by molar-refractivity contribution is 7.98. The Balaban J connectivity index is 1.81. The molecule has 164 valence electrons. The lowest BCUT2D eigenvalue weighted by Gasteiger charge is -2.13. The van der Waals surface area contributed by atoms with Crippen LogP contribution < -0.4 is 25.1 Å². The number of rotatable bonds is 8. The van der Waals surface area contributed by atoms with Crippen molar-refractivity contribution >= 4 is 23.4 Å². The minimum Gasteiger partial charge on any atom is -0.495 e. The molecule has 1 amide bonds. The lowest BCUT2D eigenvalue weighted by atomic mass is 10.1. The van der Waals surface area contributed by atoms with Gasteiger partial charge in [-0.1, -0.05) is 23.9 Å². The van der Waals surface area contributed by atoms with Gasteiger partial charge in [0, 0.05) is 5.56 Å². The van der Waals surface area contributed by atoms with Gasteiger partial charge >= 0.3 is 0 Å². The number of aromatic nitrogens is 2. The lowest BCUT2D eigenvalue weighted by Crippen LogP contribution is -2.20. The summed E-state index contributed by atoms with van der Waals surface area (Å²) in [6.07, 6.45) is 1.77. The Bertz CT molecular complexity index is 1240. The van der Waals surface area contributed by atoms with Gasteiger partial charge in [-0.3, -0.25) is 9.59 Å². The summed E-state index contributed by atoms with van der Waals surface area (Å²) in [4.78, 5) is 31.4. The molecule has 10 heteroatoms. The predicted octanol–water partition coefficient (Wildman–Crippen LogP) is 3.07. The van der Waals surface area contributed by atoms with E-state index in [1.807, 2.05) is 6.07 Å². The van der Waals surface area contributed by atoms with E-state index in [-0.39, 0.29) is 23.8 Å².